The number of ether oxygens (including phenoxy) is 1. The van der Waals surface area contributed by atoms with Crippen LogP contribution in [0.1, 0.15) is 57.9 Å². The summed E-state index contributed by atoms with van der Waals surface area (Å²) in [5, 5.41) is 5.45. The SMILES string of the molecule is Cc1nc2c(s1)[C@H](OC(=O)CCc1c(C)nn(C)c1C)CCC2. The molecule has 0 unspecified atom stereocenters. The summed E-state index contributed by atoms with van der Waals surface area (Å²) in [6.45, 7) is 6.03. The van der Waals surface area contributed by atoms with Gasteiger partial charge in [0.25, 0.3) is 0 Å². The molecule has 0 fully saturated rings. The van der Waals surface area contributed by atoms with Crippen molar-refractivity contribution in [3.05, 3.63) is 32.5 Å². The molecule has 2 aromatic heterocycles. The maximum Gasteiger partial charge on any atom is 0.306 e. The Morgan fingerprint density at radius 1 is 1.39 bits per heavy atom. The fraction of sp³-hybridized carbons (Fsp3) is 0.588. The van der Waals surface area contributed by atoms with E-state index in [1.54, 1.807) is 11.3 Å². The summed E-state index contributed by atoms with van der Waals surface area (Å²) < 4.78 is 7.61. The third-order valence-electron chi connectivity index (χ3n) is 4.52. The Morgan fingerprint density at radius 3 is 2.87 bits per heavy atom. The molecular formula is C17H23N3O2S. The van der Waals surface area contributed by atoms with Crippen LogP contribution in [-0.2, 0) is 29.4 Å². The second-order valence-electron chi connectivity index (χ2n) is 6.19. The molecular weight excluding hydrogens is 310 g/mol. The Kier molecular flexibility index (Phi) is 4.53. The first-order valence-corrected chi connectivity index (χ1v) is 8.92. The van der Waals surface area contributed by atoms with Gasteiger partial charge >= 0.3 is 5.97 Å². The van der Waals surface area contributed by atoms with Gasteiger partial charge in [0.05, 0.1) is 21.3 Å². The van der Waals surface area contributed by atoms with Crippen molar-refractivity contribution in [2.24, 2.45) is 7.05 Å². The molecule has 2 aromatic rings. The molecule has 5 nitrogen and oxygen atoms in total. The quantitative estimate of drug-likeness (QED) is 0.805. The summed E-state index contributed by atoms with van der Waals surface area (Å²) in [5.74, 6) is -0.128. The molecule has 0 saturated carbocycles. The van der Waals surface area contributed by atoms with Gasteiger partial charge in [0.1, 0.15) is 6.10 Å². The summed E-state index contributed by atoms with van der Waals surface area (Å²) in [7, 11) is 1.93. The molecule has 0 saturated heterocycles. The van der Waals surface area contributed by atoms with E-state index in [4.69, 9.17) is 4.74 Å². The molecule has 23 heavy (non-hydrogen) atoms. The minimum absolute atomic E-state index is 0.103. The number of nitrogens with zero attached hydrogens (tertiary/aromatic N) is 3. The molecule has 1 aliphatic rings. The minimum atomic E-state index is -0.128. The second-order valence-corrected chi connectivity index (χ2v) is 7.42. The van der Waals surface area contributed by atoms with Crippen LogP contribution in [0.5, 0.6) is 0 Å². The average Bonchev–Trinajstić information content (AvgIpc) is 2.98. The number of aryl methyl sites for hydroxylation is 4. The normalized spacial score (nSPS) is 17.1. The van der Waals surface area contributed by atoms with Crippen molar-refractivity contribution in [2.75, 3.05) is 0 Å². The maximum atomic E-state index is 12.3. The van der Waals surface area contributed by atoms with Gasteiger partial charge in [-0.15, -0.1) is 11.3 Å². The number of aromatic nitrogens is 3. The Morgan fingerprint density at radius 2 is 2.17 bits per heavy atom. The lowest BCUT2D eigenvalue weighted by Gasteiger charge is -2.21. The van der Waals surface area contributed by atoms with Crippen LogP contribution in [-0.4, -0.2) is 20.7 Å². The van der Waals surface area contributed by atoms with Crippen LogP contribution in [0.25, 0.3) is 0 Å². The van der Waals surface area contributed by atoms with E-state index in [2.05, 4.69) is 10.1 Å². The zero-order chi connectivity index (χ0) is 16.6. The first kappa shape index (κ1) is 16.2. The summed E-state index contributed by atoms with van der Waals surface area (Å²) in [6.07, 6.45) is 3.93. The lowest BCUT2D eigenvalue weighted by Crippen LogP contribution is -2.16. The highest BCUT2D eigenvalue weighted by atomic mass is 32.1. The van der Waals surface area contributed by atoms with Gasteiger partial charge in [0, 0.05) is 19.2 Å². The Balaban J connectivity index is 1.62. The van der Waals surface area contributed by atoms with Crippen molar-refractivity contribution in [3.63, 3.8) is 0 Å². The first-order chi connectivity index (χ1) is 11.0. The standard InChI is InChI=1S/C17H23N3O2S/c1-10-13(11(2)20(4)19-10)8-9-16(21)22-15-7-5-6-14-17(15)23-12(3)18-14/h15H,5-9H2,1-4H3/t15-/m1/s1. The van der Waals surface area contributed by atoms with Gasteiger partial charge in [-0.25, -0.2) is 4.98 Å². The molecule has 3 rings (SSSR count). The number of esters is 1. The van der Waals surface area contributed by atoms with Gasteiger partial charge in [-0.1, -0.05) is 0 Å². The second kappa shape index (κ2) is 6.43. The topological polar surface area (TPSA) is 57.0 Å². The van der Waals surface area contributed by atoms with E-state index >= 15 is 0 Å². The number of carbonyl (C=O) groups is 1. The number of rotatable bonds is 4. The third kappa shape index (κ3) is 3.32. The number of fused-ring (bicyclic) bond motifs is 1. The molecule has 1 aliphatic carbocycles. The molecule has 0 amide bonds. The average molecular weight is 333 g/mol. The number of thiazole rings is 1. The van der Waals surface area contributed by atoms with E-state index in [0.717, 1.165) is 51.8 Å². The van der Waals surface area contributed by atoms with Crippen molar-refractivity contribution in [3.8, 4) is 0 Å². The fourth-order valence-corrected chi connectivity index (χ4v) is 4.28. The van der Waals surface area contributed by atoms with Gasteiger partial charge in [-0.3, -0.25) is 9.48 Å². The van der Waals surface area contributed by atoms with Crippen LogP contribution in [0, 0.1) is 20.8 Å². The lowest BCUT2D eigenvalue weighted by atomic mass is 10.0. The summed E-state index contributed by atoms with van der Waals surface area (Å²) in [6, 6.07) is 0. The number of hydrogen-bond acceptors (Lipinski definition) is 5. The maximum absolute atomic E-state index is 12.3. The Hall–Kier alpha value is -1.69. The highest BCUT2D eigenvalue weighted by molar-refractivity contribution is 7.11. The summed E-state index contributed by atoms with van der Waals surface area (Å²) in [4.78, 5) is 18.0. The molecule has 0 bridgehead atoms. The molecule has 0 spiro atoms. The predicted molar refractivity (Wildman–Crippen MR) is 89.6 cm³/mol. The minimum Gasteiger partial charge on any atom is -0.457 e. The molecule has 0 aliphatic heterocycles. The zero-order valence-corrected chi connectivity index (χ0v) is 15.0. The predicted octanol–water partition coefficient (Wildman–Crippen LogP) is 3.36. The first-order valence-electron chi connectivity index (χ1n) is 8.10. The van der Waals surface area contributed by atoms with Gasteiger partial charge in [-0.2, -0.15) is 5.10 Å². The molecule has 2 heterocycles. The van der Waals surface area contributed by atoms with Crippen molar-refractivity contribution in [2.45, 2.75) is 59.0 Å². The van der Waals surface area contributed by atoms with Crippen LogP contribution in [0.2, 0.25) is 0 Å². The van der Waals surface area contributed by atoms with E-state index in [1.165, 1.54) is 0 Å². The van der Waals surface area contributed by atoms with Crippen LogP contribution >= 0.6 is 11.3 Å². The monoisotopic (exact) mass is 333 g/mol. The highest BCUT2D eigenvalue weighted by Gasteiger charge is 2.27. The number of carbonyl (C=O) groups excluding carboxylic acids is 1. The molecule has 124 valence electrons. The van der Waals surface area contributed by atoms with E-state index in [0.29, 0.717) is 12.8 Å². The van der Waals surface area contributed by atoms with Crippen LogP contribution in [0.15, 0.2) is 0 Å². The van der Waals surface area contributed by atoms with E-state index in [1.807, 2.05) is 32.5 Å². The van der Waals surface area contributed by atoms with Crippen LogP contribution < -0.4 is 0 Å². The Labute approximate surface area is 140 Å². The van der Waals surface area contributed by atoms with Gasteiger partial charge < -0.3 is 4.74 Å². The van der Waals surface area contributed by atoms with E-state index in [-0.39, 0.29) is 12.1 Å². The third-order valence-corrected chi connectivity index (χ3v) is 5.62. The van der Waals surface area contributed by atoms with Crippen molar-refractivity contribution in [1.29, 1.82) is 0 Å². The van der Waals surface area contributed by atoms with Crippen molar-refractivity contribution >= 4 is 17.3 Å². The van der Waals surface area contributed by atoms with Crippen LogP contribution in [0.4, 0.5) is 0 Å². The van der Waals surface area contributed by atoms with E-state index in [9.17, 15) is 4.79 Å². The molecule has 0 aromatic carbocycles. The van der Waals surface area contributed by atoms with Gasteiger partial charge in [-0.05, 0) is 52.0 Å². The Bertz CT molecular complexity index is 733. The highest BCUT2D eigenvalue weighted by Crippen LogP contribution is 2.36. The lowest BCUT2D eigenvalue weighted by molar-refractivity contribution is -0.150. The molecule has 6 heteroatoms. The molecule has 0 radical (unpaired) electrons. The van der Waals surface area contributed by atoms with Crippen molar-refractivity contribution < 1.29 is 9.53 Å². The number of hydrogen-bond donors (Lipinski definition) is 0. The van der Waals surface area contributed by atoms with Crippen LogP contribution in [0.3, 0.4) is 0 Å². The van der Waals surface area contributed by atoms with Gasteiger partial charge in [0.2, 0.25) is 0 Å². The summed E-state index contributed by atoms with van der Waals surface area (Å²) in [5.41, 5.74) is 4.39. The summed E-state index contributed by atoms with van der Waals surface area (Å²) >= 11 is 1.66. The molecule has 0 N–H and O–H groups in total. The smallest absolute Gasteiger partial charge is 0.306 e. The fourth-order valence-electron chi connectivity index (χ4n) is 3.24. The van der Waals surface area contributed by atoms with E-state index < -0.39 is 0 Å². The zero-order valence-electron chi connectivity index (χ0n) is 14.2. The van der Waals surface area contributed by atoms with Gasteiger partial charge in [0.15, 0.2) is 0 Å². The largest absolute Gasteiger partial charge is 0.457 e. The molecule has 1 atom stereocenters. The van der Waals surface area contributed by atoms with Crippen molar-refractivity contribution in [1.82, 2.24) is 14.8 Å².